The molecular weight excluding hydrogens is 266 g/mol. The van der Waals surface area contributed by atoms with E-state index in [1.54, 1.807) is 0 Å². The van der Waals surface area contributed by atoms with Crippen molar-refractivity contribution in [2.24, 2.45) is 0 Å². The molecule has 1 aromatic carbocycles. The van der Waals surface area contributed by atoms with E-state index in [0.717, 1.165) is 18.0 Å². The van der Waals surface area contributed by atoms with Crippen LogP contribution in [0.3, 0.4) is 0 Å². The third-order valence-electron chi connectivity index (χ3n) is 3.62. The smallest absolute Gasteiger partial charge is 0.230 e. The third kappa shape index (κ3) is 4.29. The van der Waals surface area contributed by atoms with Gasteiger partial charge in [-0.25, -0.2) is 0 Å². The summed E-state index contributed by atoms with van der Waals surface area (Å²) in [4.78, 5) is 4.37. The fourth-order valence-corrected chi connectivity index (χ4v) is 1.98. The maximum atomic E-state index is 5.79. The Morgan fingerprint density at radius 3 is 2.90 bits per heavy atom. The minimum Gasteiger partial charge on any atom is -0.493 e. The van der Waals surface area contributed by atoms with Crippen LogP contribution in [0, 0.1) is 13.8 Å². The number of benzene rings is 1. The number of hydrogen-bond acceptors (Lipinski definition) is 5. The highest BCUT2D eigenvalue weighted by atomic mass is 16.5. The maximum absolute atomic E-state index is 5.79. The molecule has 0 amide bonds. The minimum atomic E-state index is 0.335. The number of ether oxygens (including phenoxy) is 1. The number of hydrogen-bond donors (Lipinski definition) is 1. The van der Waals surface area contributed by atoms with Gasteiger partial charge in [-0.3, -0.25) is 0 Å². The molecule has 2 rings (SSSR count). The van der Waals surface area contributed by atoms with Crippen molar-refractivity contribution in [1.82, 2.24) is 15.5 Å². The van der Waals surface area contributed by atoms with Crippen molar-refractivity contribution in [1.29, 1.82) is 0 Å². The van der Waals surface area contributed by atoms with Gasteiger partial charge in [0, 0.05) is 12.5 Å². The van der Waals surface area contributed by atoms with E-state index in [1.807, 2.05) is 19.2 Å². The lowest BCUT2D eigenvalue weighted by Gasteiger charge is -2.09. The summed E-state index contributed by atoms with van der Waals surface area (Å²) in [5.41, 5.74) is 2.40. The van der Waals surface area contributed by atoms with Gasteiger partial charge in [-0.2, -0.15) is 4.98 Å². The van der Waals surface area contributed by atoms with Crippen LogP contribution in [0.1, 0.15) is 29.8 Å². The number of aromatic nitrogens is 2. The van der Waals surface area contributed by atoms with Gasteiger partial charge in [0.1, 0.15) is 5.75 Å². The van der Waals surface area contributed by atoms with Gasteiger partial charge in [0.15, 0.2) is 5.82 Å². The summed E-state index contributed by atoms with van der Waals surface area (Å²) in [6, 6.07) is 6.40. The van der Waals surface area contributed by atoms with E-state index in [-0.39, 0.29) is 0 Å². The molecule has 5 nitrogen and oxygen atoms in total. The molecule has 0 spiro atoms. The molecule has 114 valence electrons. The van der Waals surface area contributed by atoms with Gasteiger partial charge >= 0.3 is 0 Å². The normalized spacial score (nSPS) is 12.4. The van der Waals surface area contributed by atoms with Gasteiger partial charge in [-0.05, 0) is 45.0 Å². The van der Waals surface area contributed by atoms with Crippen LogP contribution < -0.4 is 10.1 Å². The second-order valence-corrected chi connectivity index (χ2v) is 5.29. The predicted octanol–water partition coefficient (Wildman–Crippen LogP) is 2.46. The van der Waals surface area contributed by atoms with Crippen LogP contribution in [0.25, 0.3) is 0 Å². The van der Waals surface area contributed by atoms with E-state index in [1.165, 1.54) is 11.1 Å². The predicted molar refractivity (Wildman–Crippen MR) is 81.6 cm³/mol. The first-order chi connectivity index (χ1) is 10.1. The molecule has 1 heterocycles. The molecule has 5 heteroatoms. The lowest BCUT2D eigenvalue weighted by atomic mass is 10.1. The standard InChI is InChI=1S/C16H23N3O2/c1-11-6-5-7-14(13(11)3)20-9-8-16-18-15(19-21-16)10-12(2)17-4/h5-7,12,17H,8-10H2,1-4H3. The van der Waals surface area contributed by atoms with Crippen molar-refractivity contribution < 1.29 is 9.26 Å². The number of nitrogens with one attached hydrogen (secondary N) is 1. The molecule has 1 atom stereocenters. The van der Waals surface area contributed by atoms with E-state index in [4.69, 9.17) is 9.26 Å². The molecule has 0 bridgehead atoms. The fourth-order valence-electron chi connectivity index (χ4n) is 1.98. The molecule has 1 aromatic heterocycles. The Balaban J connectivity index is 1.85. The van der Waals surface area contributed by atoms with Gasteiger partial charge in [0.25, 0.3) is 0 Å². The Bertz CT molecular complexity index is 581. The van der Waals surface area contributed by atoms with Crippen LogP contribution in [-0.2, 0) is 12.8 Å². The maximum Gasteiger partial charge on any atom is 0.230 e. The van der Waals surface area contributed by atoms with Crippen LogP contribution in [-0.4, -0.2) is 29.8 Å². The number of likely N-dealkylation sites (N-methyl/N-ethyl adjacent to an activating group) is 1. The van der Waals surface area contributed by atoms with Crippen LogP contribution in [0.4, 0.5) is 0 Å². The van der Waals surface area contributed by atoms with Crippen LogP contribution >= 0.6 is 0 Å². The van der Waals surface area contributed by atoms with Crippen LogP contribution in [0.2, 0.25) is 0 Å². The monoisotopic (exact) mass is 289 g/mol. The fraction of sp³-hybridized carbons (Fsp3) is 0.500. The van der Waals surface area contributed by atoms with Crippen LogP contribution in [0.15, 0.2) is 22.7 Å². The van der Waals surface area contributed by atoms with Gasteiger partial charge in [0.2, 0.25) is 5.89 Å². The van der Waals surface area contributed by atoms with Crippen LogP contribution in [0.5, 0.6) is 5.75 Å². The number of nitrogens with zero attached hydrogens (tertiary/aromatic N) is 2. The van der Waals surface area contributed by atoms with E-state index >= 15 is 0 Å². The Hall–Kier alpha value is -1.88. The zero-order valence-corrected chi connectivity index (χ0v) is 13.1. The first-order valence-electron chi connectivity index (χ1n) is 7.28. The lowest BCUT2D eigenvalue weighted by Crippen LogP contribution is -2.24. The number of rotatable bonds is 7. The SMILES string of the molecule is CNC(C)Cc1noc(CCOc2cccc(C)c2C)n1. The van der Waals surface area contributed by atoms with Gasteiger partial charge in [0.05, 0.1) is 13.0 Å². The summed E-state index contributed by atoms with van der Waals surface area (Å²) in [6.07, 6.45) is 1.38. The summed E-state index contributed by atoms with van der Waals surface area (Å²) in [5, 5.41) is 7.13. The number of aryl methyl sites for hydroxylation is 1. The molecule has 0 aliphatic rings. The third-order valence-corrected chi connectivity index (χ3v) is 3.62. The highest BCUT2D eigenvalue weighted by molar-refractivity contribution is 5.38. The Morgan fingerprint density at radius 1 is 1.33 bits per heavy atom. The molecule has 1 N–H and O–H groups in total. The van der Waals surface area contributed by atoms with Crippen molar-refractivity contribution in [3.63, 3.8) is 0 Å². The minimum absolute atomic E-state index is 0.335. The van der Waals surface area contributed by atoms with E-state index < -0.39 is 0 Å². The second kappa shape index (κ2) is 7.22. The van der Waals surface area contributed by atoms with Gasteiger partial charge < -0.3 is 14.6 Å². The van der Waals surface area contributed by atoms with E-state index in [0.29, 0.717) is 25.0 Å². The van der Waals surface area contributed by atoms with Crippen molar-refractivity contribution >= 4 is 0 Å². The Kier molecular flexibility index (Phi) is 5.33. The molecule has 1 unspecified atom stereocenters. The molecule has 21 heavy (non-hydrogen) atoms. The molecule has 0 saturated heterocycles. The molecule has 0 radical (unpaired) electrons. The van der Waals surface area contributed by atoms with Crippen molar-refractivity contribution in [2.45, 2.75) is 39.7 Å². The van der Waals surface area contributed by atoms with Crippen molar-refractivity contribution in [3.8, 4) is 5.75 Å². The summed E-state index contributed by atoms with van der Waals surface area (Å²) in [7, 11) is 1.92. The zero-order valence-electron chi connectivity index (χ0n) is 13.1. The van der Waals surface area contributed by atoms with E-state index in [2.05, 4.69) is 42.3 Å². The quantitative estimate of drug-likeness (QED) is 0.848. The van der Waals surface area contributed by atoms with Gasteiger partial charge in [-0.1, -0.05) is 17.3 Å². The highest BCUT2D eigenvalue weighted by Gasteiger charge is 2.10. The molecule has 2 aromatic rings. The molecule has 0 aliphatic carbocycles. The van der Waals surface area contributed by atoms with Crippen molar-refractivity contribution in [2.75, 3.05) is 13.7 Å². The van der Waals surface area contributed by atoms with Gasteiger partial charge in [-0.15, -0.1) is 0 Å². The average molecular weight is 289 g/mol. The molecule has 0 fully saturated rings. The summed E-state index contributed by atoms with van der Waals surface area (Å²) >= 11 is 0. The largest absolute Gasteiger partial charge is 0.493 e. The summed E-state index contributed by atoms with van der Waals surface area (Å²) < 4.78 is 11.0. The summed E-state index contributed by atoms with van der Waals surface area (Å²) in [5.74, 6) is 2.27. The topological polar surface area (TPSA) is 60.2 Å². The Labute approximate surface area is 125 Å². The molecule has 0 aliphatic heterocycles. The molecular formula is C16H23N3O2. The first-order valence-corrected chi connectivity index (χ1v) is 7.28. The second-order valence-electron chi connectivity index (χ2n) is 5.29. The van der Waals surface area contributed by atoms with Crippen molar-refractivity contribution in [3.05, 3.63) is 41.0 Å². The summed E-state index contributed by atoms with van der Waals surface area (Å²) in [6.45, 7) is 6.76. The highest BCUT2D eigenvalue weighted by Crippen LogP contribution is 2.20. The van der Waals surface area contributed by atoms with E-state index in [9.17, 15) is 0 Å². The average Bonchev–Trinajstić information content (AvgIpc) is 2.91. The Morgan fingerprint density at radius 2 is 2.14 bits per heavy atom. The first kappa shape index (κ1) is 15.5. The lowest BCUT2D eigenvalue weighted by molar-refractivity contribution is 0.290. The zero-order chi connectivity index (χ0) is 15.2. The molecule has 0 saturated carbocycles.